The Labute approximate surface area is 218 Å². The van der Waals surface area contributed by atoms with Crippen LogP contribution >= 0.6 is 0 Å². The Morgan fingerprint density at radius 2 is 1.84 bits per heavy atom. The van der Waals surface area contributed by atoms with Crippen molar-refractivity contribution in [1.29, 1.82) is 0 Å². The third kappa shape index (κ3) is 5.14. The van der Waals surface area contributed by atoms with Crippen LogP contribution in [0.25, 0.3) is 16.9 Å². The zero-order chi connectivity index (χ0) is 26.1. The number of amides is 1. The third-order valence-electron chi connectivity index (χ3n) is 7.37. The summed E-state index contributed by atoms with van der Waals surface area (Å²) in [7, 11) is 0. The van der Waals surface area contributed by atoms with Gasteiger partial charge in [-0.1, -0.05) is 12.1 Å². The first-order chi connectivity index (χ1) is 18.5. The largest absolute Gasteiger partial charge is 0.381 e. The Morgan fingerprint density at radius 3 is 2.61 bits per heavy atom. The number of morpholine rings is 1. The molecule has 0 spiro atoms. The number of anilines is 2. The van der Waals surface area contributed by atoms with Crippen molar-refractivity contribution in [3.63, 3.8) is 0 Å². The van der Waals surface area contributed by atoms with Gasteiger partial charge in [0.2, 0.25) is 11.9 Å². The summed E-state index contributed by atoms with van der Waals surface area (Å²) in [6.07, 6.45) is 0.501. The van der Waals surface area contributed by atoms with E-state index in [9.17, 15) is 13.6 Å². The topological polar surface area (TPSA) is 106 Å². The minimum atomic E-state index is -2.77. The molecule has 202 valence electrons. The molecule has 3 fully saturated rings. The van der Waals surface area contributed by atoms with Crippen LogP contribution in [0.4, 0.5) is 20.5 Å². The van der Waals surface area contributed by atoms with Crippen LogP contribution in [-0.2, 0) is 14.3 Å². The lowest BCUT2D eigenvalue weighted by Crippen LogP contribution is -2.52. The van der Waals surface area contributed by atoms with Crippen LogP contribution in [-0.4, -0.2) is 77.0 Å². The summed E-state index contributed by atoms with van der Waals surface area (Å²) >= 11 is 0. The maximum atomic E-state index is 14.1. The van der Waals surface area contributed by atoms with Gasteiger partial charge in [0.25, 0.3) is 6.43 Å². The number of hydrogen-bond acceptors (Lipinski definition) is 8. The average Bonchev–Trinajstić information content (AvgIpc) is 3.33. The predicted octanol–water partition coefficient (Wildman–Crippen LogP) is 3.08. The van der Waals surface area contributed by atoms with Crippen molar-refractivity contribution in [3.8, 4) is 5.82 Å². The molecule has 10 nitrogen and oxygen atoms in total. The molecule has 2 N–H and O–H groups in total. The van der Waals surface area contributed by atoms with Crippen LogP contribution in [0, 0.1) is 5.92 Å². The van der Waals surface area contributed by atoms with E-state index < -0.39 is 6.43 Å². The first-order valence-electron chi connectivity index (χ1n) is 13.2. The van der Waals surface area contributed by atoms with Crippen molar-refractivity contribution in [2.24, 2.45) is 5.92 Å². The molecular weight excluding hydrogens is 496 g/mol. The Balaban J connectivity index is 1.24. The van der Waals surface area contributed by atoms with E-state index in [-0.39, 0.29) is 29.7 Å². The fourth-order valence-corrected chi connectivity index (χ4v) is 5.28. The fraction of sp³-hybridized carbons (Fsp3) is 0.538. The molecule has 2 saturated heterocycles. The molecule has 1 atom stereocenters. The molecule has 3 aromatic rings. The Kier molecular flexibility index (Phi) is 7.07. The van der Waals surface area contributed by atoms with Crippen LogP contribution in [0.2, 0.25) is 0 Å². The van der Waals surface area contributed by atoms with E-state index in [1.54, 1.807) is 30.3 Å². The highest BCUT2D eigenvalue weighted by Gasteiger charge is 2.33. The number of para-hydroxylation sites is 2. The molecule has 2 aromatic heterocycles. The molecular formula is C26H31F2N7O3. The molecule has 1 saturated carbocycles. The number of aromatic nitrogens is 4. The summed E-state index contributed by atoms with van der Waals surface area (Å²) < 4.78 is 40.4. The van der Waals surface area contributed by atoms with Gasteiger partial charge in [-0.25, -0.2) is 13.8 Å². The number of hydrogen-bond donors (Lipinski definition) is 2. The number of imidazole rings is 1. The van der Waals surface area contributed by atoms with Gasteiger partial charge in [0, 0.05) is 37.8 Å². The second-order valence-corrected chi connectivity index (χ2v) is 10.0. The van der Waals surface area contributed by atoms with Crippen molar-refractivity contribution >= 4 is 28.7 Å². The number of carbonyl (C=O) groups is 1. The van der Waals surface area contributed by atoms with E-state index in [4.69, 9.17) is 14.5 Å². The number of nitrogens with zero attached hydrogens (tertiary/aromatic N) is 5. The molecule has 6 rings (SSSR count). The number of rotatable bonds is 7. The molecule has 0 radical (unpaired) electrons. The monoisotopic (exact) mass is 527 g/mol. The minimum absolute atomic E-state index is 0.0543. The maximum Gasteiger partial charge on any atom is 0.296 e. The molecule has 12 heteroatoms. The highest BCUT2D eigenvalue weighted by atomic mass is 19.3. The molecule has 3 aliphatic rings. The number of benzene rings is 1. The van der Waals surface area contributed by atoms with Crippen LogP contribution in [0.5, 0.6) is 0 Å². The Hall–Kier alpha value is -3.38. The van der Waals surface area contributed by atoms with Crippen molar-refractivity contribution in [1.82, 2.24) is 24.8 Å². The van der Waals surface area contributed by atoms with Crippen LogP contribution in [0.3, 0.4) is 0 Å². The summed E-state index contributed by atoms with van der Waals surface area (Å²) in [5.41, 5.74) is 1.03. The summed E-state index contributed by atoms with van der Waals surface area (Å²) in [5, 5.41) is 6.56. The first kappa shape index (κ1) is 24.9. The molecule has 2 aliphatic heterocycles. The lowest BCUT2D eigenvalue weighted by Gasteiger charge is -2.38. The SMILES string of the molecule is O=C(NC1CC(Nc2cc(-n3c(C(F)F)nc4ccccc43)nc(N3CCOCC3)n2)C1)C1CCCOC1. The van der Waals surface area contributed by atoms with Crippen molar-refractivity contribution in [2.75, 3.05) is 49.7 Å². The minimum Gasteiger partial charge on any atom is -0.381 e. The highest BCUT2D eigenvalue weighted by molar-refractivity contribution is 5.79. The van der Waals surface area contributed by atoms with Gasteiger partial charge in [-0.05, 0) is 37.8 Å². The molecule has 4 heterocycles. The van der Waals surface area contributed by atoms with Gasteiger partial charge in [0.15, 0.2) is 5.82 Å². The molecule has 1 aliphatic carbocycles. The number of ether oxygens (including phenoxy) is 2. The smallest absolute Gasteiger partial charge is 0.296 e. The van der Waals surface area contributed by atoms with Gasteiger partial charge in [-0.3, -0.25) is 9.36 Å². The summed E-state index contributed by atoms with van der Waals surface area (Å²) in [5.74, 6) is 0.943. The standard InChI is InChI=1S/C26H31F2N7O3/c27-23(28)24-31-19-5-1-2-6-20(19)35(24)22-14-21(32-26(33-22)34-7-10-37-11-8-34)29-17-12-18(13-17)30-25(36)16-4-3-9-38-15-16/h1-2,5-6,14,16-18,23H,3-4,7-13,15H2,(H,30,36)(H,29,32,33). The quantitative estimate of drug-likeness (QED) is 0.483. The molecule has 1 unspecified atom stereocenters. The van der Waals surface area contributed by atoms with E-state index in [2.05, 4.69) is 20.6 Å². The van der Waals surface area contributed by atoms with Crippen molar-refractivity contribution in [3.05, 3.63) is 36.2 Å². The van der Waals surface area contributed by atoms with E-state index in [0.717, 1.165) is 32.3 Å². The zero-order valence-corrected chi connectivity index (χ0v) is 21.0. The Bertz CT molecular complexity index is 1290. The normalized spacial score (nSPS) is 23.9. The molecule has 1 amide bonds. The van der Waals surface area contributed by atoms with Crippen LogP contribution < -0.4 is 15.5 Å². The molecule has 38 heavy (non-hydrogen) atoms. The lowest BCUT2D eigenvalue weighted by molar-refractivity contribution is -0.130. The number of carbonyl (C=O) groups excluding carboxylic acids is 1. The van der Waals surface area contributed by atoms with Gasteiger partial charge in [0.1, 0.15) is 11.6 Å². The number of alkyl halides is 2. The van der Waals surface area contributed by atoms with E-state index in [1.165, 1.54) is 4.57 Å². The number of nitrogens with one attached hydrogen (secondary N) is 2. The highest BCUT2D eigenvalue weighted by Crippen LogP contribution is 2.31. The summed E-state index contributed by atoms with van der Waals surface area (Å²) in [6, 6.07) is 8.91. The number of fused-ring (bicyclic) bond motifs is 1. The second-order valence-electron chi connectivity index (χ2n) is 10.0. The fourth-order valence-electron chi connectivity index (χ4n) is 5.28. The van der Waals surface area contributed by atoms with E-state index in [0.29, 0.717) is 61.5 Å². The van der Waals surface area contributed by atoms with E-state index in [1.807, 2.05) is 4.90 Å². The van der Waals surface area contributed by atoms with Crippen molar-refractivity contribution in [2.45, 2.75) is 44.2 Å². The maximum absolute atomic E-state index is 14.1. The van der Waals surface area contributed by atoms with Gasteiger partial charge in [-0.15, -0.1) is 0 Å². The summed E-state index contributed by atoms with van der Waals surface area (Å²) in [4.78, 5) is 28.1. The van der Waals surface area contributed by atoms with Gasteiger partial charge in [-0.2, -0.15) is 9.97 Å². The molecule has 1 aromatic carbocycles. The first-order valence-corrected chi connectivity index (χ1v) is 13.2. The van der Waals surface area contributed by atoms with Crippen molar-refractivity contribution < 1.29 is 23.0 Å². The predicted molar refractivity (Wildman–Crippen MR) is 137 cm³/mol. The van der Waals surface area contributed by atoms with Gasteiger partial charge < -0.3 is 25.0 Å². The van der Waals surface area contributed by atoms with E-state index >= 15 is 0 Å². The third-order valence-corrected chi connectivity index (χ3v) is 7.37. The average molecular weight is 528 g/mol. The second kappa shape index (κ2) is 10.8. The number of halogens is 2. The van der Waals surface area contributed by atoms with Gasteiger partial charge in [0.05, 0.1) is 36.8 Å². The molecule has 0 bridgehead atoms. The van der Waals surface area contributed by atoms with Gasteiger partial charge >= 0.3 is 0 Å². The van der Waals surface area contributed by atoms with Crippen LogP contribution in [0.1, 0.15) is 37.9 Å². The lowest BCUT2D eigenvalue weighted by atomic mass is 9.86. The Morgan fingerprint density at radius 1 is 1.03 bits per heavy atom. The zero-order valence-electron chi connectivity index (χ0n) is 21.0. The summed E-state index contributed by atoms with van der Waals surface area (Å²) in [6.45, 7) is 3.51. The van der Waals surface area contributed by atoms with Crippen LogP contribution in [0.15, 0.2) is 30.3 Å².